The van der Waals surface area contributed by atoms with E-state index in [1.807, 2.05) is 0 Å². The van der Waals surface area contributed by atoms with Gasteiger partial charge in [0, 0.05) is 0 Å². The third kappa shape index (κ3) is 3.14. The molecule has 0 fully saturated rings. The van der Waals surface area contributed by atoms with E-state index in [1.54, 1.807) is 0 Å². The van der Waals surface area contributed by atoms with Crippen molar-refractivity contribution in [1.29, 1.82) is 0 Å². The number of hydrogen-bond donors (Lipinski definition) is 2. The third-order valence-corrected chi connectivity index (χ3v) is 0.596. The van der Waals surface area contributed by atoms with Crippen LogP contribution in [0, 0.1) is 0 Å². The van der Waals surface area contributed by atoms with E-state index in [0.717, 1.165) is 0 Å². The van der Waals surface area contributed by atoms with E-state index < -0.39 is 0 Å². The van der Waals surface area contributed by atoms with Gasteiger partial charge in [0.15, 0.2) is 0 Å². The number of rotatable bonds is 2. The molecule has 0 saturated heterocycles. The van der Waals surface area contributed by atoms with Crippen LogP contribution in [0.5, 0.6) is 0 Å². The molecule has 0 saturated carbocycles. The van der Waals surface area contributed by atoms with Crippen molar-refractivity contribution in [2.75, 3.05) is 0 Å². The summed E-state index contributed by atoms with van der Waals surface area (Å²) in [5.74, 6) is 4.88. The number of Topliss-reactive ketones (excluding diaryl/α,β-unsaturated/α-hetero) is 1. The predicted molar refractivity (Wildman–Crippen MR) is 31.1 cm³/mol. The molecular formula is C4H9N3O. The van der Waals surface area contributed by atoms with Crippen LogP contribution in [-0.2, 0) is 4.79 Å². The van der Waals surface area contributed by atoms with Gasteiger partial charge in [-0.3, -0.25) is 4.79 Å². The normalized spacial score (nSPS) is 11.4. The largest absolute Gasteiger partial charge is 0.385 e. The highest BCUT2D eigenvalue weighted by Crippen LogP contribution is 1.78. The highest BCUT2D eigenvalue weighted by molar-refractivity contribution is 5.98. The maximum absolute atomic E-state index is 10.2. The Morgan fingerprint density at radius 3 is 2.38 bits per heavy atom. The van der Waals surface area contributed by atoms with Crippen LogP contribution in [0.15, 0.2) is 5.10 Å². The summed E-state index contributed by atoms with van der Waals surface area (Å²) in [4.78, 5) is 10.2. The minimum Gasteiger partial charge on any atom is -0.385 e. The smallest absolute Gasteiger partial charge is 0.137 e. The van der Waals surface area contributed by atoms with Gasteiger partial charge in [-0.15, -0.1) is 0 Å². The van der Waals surface area contributed by atoms with Crippen molar-refractivity contribution < 1.29 is 4.79 Å². The zero-order valence-electron chi connectivity index (χ0n) is 4.72. The number of carbonyl (C=O) groups is 1. The molecule has 0 aromatic rings. The molecule has 0 aliphatic rings. The fourth-order valence-corrected chi connectivity index (χ4v) is 0.301. The summed E-state index contributed by atoms with van der Waals surface area (Å²) >= 11 is 0. The van der Waals surface area contributed by atoms with Gasteiger partial charge in [-0.05, 0) is 6.92 Å². The van der Waals surface area contributed by atoms with Gasteiger partial charge >= 0.3 is 0 Å². The molecule has 0 atom stereocenters. The van der Waals surface area contributed by atoms with Crippen molar-refractivity contribution in [3.8, 4) is 0 Å². The zero-order valence-corrected chi connectivity index (χ0v) is 4.72. The maximum atomic E-state index is 10.2. The molecule has 0 aliphatic heterocycles. The second-order valence-electron chi connectivity index (χ2n) is 1.50. The van der Waals surface area contributed by atoms with E-state index in [0.29, 0.717) is 0 Å². The molecule has 0 radical (unpaired) electrons. The Morgan fingerprint density at radius 1 is 1.75 bits per heavy atom. The molecule has 0 unspecified atom stereocenters. The van der Waals surface area contributed by atoms with Gasteiger partial charge in [0.2, 0.25) is 0 Å². The number of amidine groups is 1. The maximum Gasteiger partial charge on any atom is 0.137 e. The van der Waals surface area contributed by atoms with Crippen molar-refractivity contribution in [2.24, 2.45) is 16.7 Å². The first kappa shape index (κ1) is 6.94. The van der Waals surface area contributed by atoms with Crippen molar-refractivity contribution >= 4 is 11.6 Å². The minimum absolute atomic E-state index is 0.0308. The number of nitrogens with two attached hydrogens (primary N) is 2. The van der Waals surface area contributed by atoms with Gasteiger partial charge in [-0.2, -0.15) is 5.10 Å². The lowest BCUT2D eigenvalue weighted by Gasteiger charge is -1.89. The monoisotopic (exact) mass is 115 g/mol. The van der Waals surface area contributed by atoms with E-state index in [2.05, 4.69) is 5.10 Å². The van der Waals surface area contributed by atoms with E-state index >= 15 is 0 Å². The summed E-state index contributed by atoms with van der Waals surface area (Å²) < 4.78 is 0. The quantitative estimate of drug-likeness (QED) is 0.214. The number of hydrazone groups is 1. The molecule has 0 aromatic carbocycles. The van der Waals surface area contributed by atoms with Crippen LogP contribution in [0.1, 0.15) is 13.3 Å². The molecule has 8 heavy (non-hydrogen) atoms. The Bertz CT molecular complexity index is 118. The van der Waals surface area contributed by atoms with Gasteiger partial charge in [0.05, 0.1) is 6.42 Å². The van der Waals surface area contributed by atoms with Gasteiger partial charge in [0.1, 0.15) is 11.6 Å². The number of nitrogens with zero attached hydrogens (tertiary/aromatic N) is 1. The van der Waals surface area contributed by atoms with E-state index in [9.17, 15) is 4.79 Å². The summed E-state index contributed by atoms with van der Waals surface area (Å²) in [6.07, 6.45) is 0.149. The summed E-state index contributed by atoms with van der Waals surface area (Å²) in [6.45, 7) is 1.43. The number of ketones is 1. The summed E-state index contributed by atoms with van der Waals surface area (Å²) in [5.41, 5.74) is 5.08. The van der Waals surface area contributed by atoms with Gasteiger partial charge in [-0.25, -0.2) is 0 Å². The van der Waals surface area contributed by atoms with Crippen LogP contribution < -0.4 is 11.6 Å². The SMILES string of the molecule is CC(=O)C/C(N)=N/N. The fourth-order valence-electron chi connectivity index (χ4n) is 0.301. The predicted octanol–water partition coefficient (Wildman–Crippen LogP) is -0.804. The highest BCUT2D eigenvalue weighted by atomic mass is 16.1. The van der Waals surface area contributed by atoms with Gasteiger partial charge < -0.3 is 11.6 Å². The topological polar surface area (TPSA) is 81.5 Å². The summed E-state index contributed by atoms with van der Waals surface area (Å²) in [7, 11) is 0. The van der Waals surface area contributed by atoms with Gasteiger partial charge in [-0.1, -0.05) is 0 Å². The Hall–Kier alpha value is -1.06. The molecule has 4 N–H and O–H groups in total. The van der Waals surface area contributed by atoms with Crippen molar-refractivity contribution in [2.45, 2.75) is 13.3 Å². The molecule has 0 spiro atoms. The second-order valence-corrected chi connectivity index (χ2v) is 1.50. The standard InChI is InChI=1S/C4H9N3O/c1-3(8)2-4(5)7-6/h2,6H2,1H3,(H2,5,7). The molecule has 0 aliphatic carbocycles. The van der Waals surface area contributed by atoms with Crippen molar-refractivity contribution in [3.05, 3.63) is 0 Å². The van der Waals surface area contributed by atoms with Gasteiger partial charge in [0.25, 0.3) is 0 Å². The number of hydrogen-bond acceptors (Lipinski definition) is 3. The Labute approximate surface area is 47.5 Å². The lowest BCUT2D eigenvalue weighted by molar-refractivity contribution is -0.115. The molecule has 0 heterocycles. The summed E-state index contributed by atoms with van der Waals surface area (Å²) in [6, 6.07) is 0. The van der Waals surface area contributed by atoms with E-state index in [1.165, 1.54) is 6.92 Å². The Morgan fingerprint density at radius 2 is 2.25 bits per heavy atom. The average Bonchev–Trinajstić information content (AvgIpc) is 1.65. The average molecular weight is 115 g/mol. The molecular weight excluding hydrogens is 106 g/mol. The molecule has 0 amide bonds. The Balaban J connectivity index is 3.56. The molecule has 0 bridgehead atoms. The lowest BCUT2D eigenvalue weighted by atomic mass is 10.3. The minimum atomic E-state index is -0.0308. The van der Waals surface area contributed by atoms with E-state index in [-0.39, 0.29) is 18.0 Å². The number of carbonyl (C=O) groups excluding carboxylic acids is 1. The highest BCUT2D eigenvalue weighted by Gasteiger charge is 1.94. The lowest BCUT2D eigenvalue weighted by Crippen LogP contribution is -2.16. The second kappa shape index (κ2) is 3.01. The van der Waals surface area contributed by atoms with Crippen LogP contribution in [0.25, 0.3) is 0 Å². The van der Waals surface area contributed by atoms with Crippen LogP contribution in [0.4, 0.5) is 0 Å². The van der Waals surface area contributed by atoms with Crippen LogP contribution >= 0.6 is 0 Å². The molecule has 0 aromatic heterocycles. The van der Waals surface area contributed by atoms with Crippen LogP contribution in [0.2, 0.25) is 0 Å². The molecule has 0 rings (SSSR count). The van der Waals surface area contributed by atoms with Crippen LogP contribution in [-0.4, -0.2) is 11.6 Å². The van der Waals surface area contributed by atoms with E-state index in [4.69, 9.17) is 11.6 Å². The molecule has 4 nitrogen and oxygen atoms in total. The first-order valence-corrected chi connectivity index (χ1v) is 2.18. The Kier molecular flexibility index (Phi) is 2.61. The third-order valence-electron chi connectivity index (χ3n) is 0.596. The van der Waals surface area contributed by atoms with Crippen molar-refractivity contribution in [1.82, 2.24) is 0 Å². The molecule has 46 valence electrons. The zero-order chi connectivity index (χ0) is 6.57. The first-order chi connectivity index (χ1) is 3.66. The summed E-state index contributed by atoms with van der Waals surface area (Å²) in [5, 5.41) is 3.10. The fraction of sp³-hybridized carbons (Fsp3) is 0.500. The first-order valence-electron chi connectivity index (χ1n) is 2.18. The van der Waals surface area contributed by atoms with Crippen molar-refractivity contribution in [3.63, 3.8) is 0 Å². The molecule has 4 heteroatoms. The van der Waals surface area contributed by atoms with Crippen LogP contribution in [0.3, 0.4) is 0 Å².